The maximum absolute atomic E-state index is 5.50. The Bertz CT molecular complexity index is 92.2. The second-order valence-corrected chi connectivity index (χ2v) is 2.56. The highest BCUT2D eigenvalue weighted by molar-refractivity contribution is 5.05. The van der Waals surface area contributed by atoms with Gasteiger partial charge in [0.15, 0.2) is 0 Å². The molecule has 0 spiro atoms. The molecule has 2 atom stereocenters. The fourth-order valence-electron chi connectivity index (χ4n) is 0.957. The first-order valence-electron chi connectivity index (χ1n) is 2.80. The summed E-state index contributed by atoms with van der Waals surface area (Å²) in [5.74, 6) is 1.64. The van der Waals surface area contributed by atoms with Crippen LogP contribution >= 0.6 is 0 Å². The van der Waals surface area contributed by atoms with Crippen molar-refractivity contribution in [3.63, 3.8) is 0 Å². The molecule has 7 heavy (non-hydrogen) atoms. The second-order valence-electron chi connectivity index (χ2n) is 2.56. The molecule has 1 fully saturated rings. The first kappa shape index (κ1) is 4.89. The highest BCUT2D eigenvalue weighted by Gasteiger charge is 2.32. The monoisotopic (exact) mass is 95.1 g/mol. The predicted molar refractivity (Wildman–Crippen MR) is 30.8 cm³/mol. The molecule has 0 heteroatoms. The molecule has 1 rings (SSSR count). The average Bonchev–Trinajstić information content (AvgIpc) is 2.17. The predicted octanol–water partition coefficient (Wildman–Crippen LogP) is 2.02. The van der Waals surface area contributed by atoms with E-state index in [1.54, 1.807) is 0 Å². The van der Waals surface area contributed by atoms with E-state index >= 15 is 0 Å². The van der Waals surface area contributed by atoms with Crippen molar-refractivity contribution in [2.24, 2.45) is 11.8 Å². The number of hydrogen-bond donors (Lipinski definition) is 0. The largest absolute Gasteiger partial charge is 0.0699 e. The van der Waals surface area contributed by atoms with Gasteiger partial charge in [0.05, 0.1) is 0 Å². The zero-order valence-corrected chi connectivity index (χ0v) is 4.94. The molecule has 0 aliphatic heterocycles. The van der Waals surface area contributed by atoms with E-state index in [1.807, 2.05) is 6.92 Å². The van der Waals surface area contributed by atoms with Gasteiger partial charge in [0.2, 0.25) is 0 Å². The number of allylic oxidation sites excluding steroid dienone is 1. The molecular weight excluding hydrogens is 84.1 g/mol. The van der Waals surface area contributed by atoms with Gasteiger partial charge in [-0.15, -0.1) is 0 Å². The quantitative estimate of drug-likeness (QED) is 0.467. The fraction of sp³-hybridized carbons (Fsp3) is 0.714. The molecule has 2 unspecified atom stereocenters. The van der Waals surface area contributed by atoms with Gasteiger partial charge in [0.1, 0.15) is 0 Å². The lowest BCUT2D eigenvalue weighted by Crippen LogP contribution is -1.75. The van der Waals surface area contributed by atoms with Crippen molar-refractivity contribution in [1.29, 1.82) is 0 Å². The minimum atomic E-state index is 0.764. The summed E-state index contributed by atoms with van der Waals surface area (Å²) in [6.45, 7) is 9.75. The Morgan fingerprint density at radius 1 is 1.71 bits per heavy atom. The van der Waals surface area contributed by atoms with Crippen molar-refractivity contribution >= 4 is 0 Å². The molecular formula is C7H11. The molecule has 1 saturated carbocycles. The van der Waals surface area contributed by atoms with E-state index in [4.69, 9.17) is 6.58 Å². The van der Waals surface area contributed by atoms with E-state index in [0.717, 1.165) is 17.4 Å². The van der Waals surface area contributed by atoms with Crippen LogP contribution in [-0.4, -0.2) is 0 Å². The lowest BCUT2D eigenvalue weighted by atomic mass is 10.2. The maximum atomic E-state index is 5.50. The minimum absolute atomic E-state index is 0.764. The molecule has 0 amide bonds. The smallest absolute Gasteiger partial charge is 0.0174 e. The first-order chi connectivity index (χ1) is 3.22. The number of rotatable bonds is 1. The maximum Gasteiger partial charge on any atom is -0.0174 e. The van der Waals surface area contributed by atoms with Crippen LogP contribution in [0.25, 0.3) is 0 Å². The van der Waals surface area contributed by atoms with Crippen LogP contribution in [0.15, 0.2) is 5.57 Å². The Labute approximate surface area is 45.2 Å². The van der Waals surface area contributed by atoms with Crippen molar-refractivity contribution in [2.45, 2.75) is 20.3 Å². The SMILES string of the molecule is [CH]=C(C)C1CC1C. The molecule has 0 N–H and O–H groups in total. The molecule has 0 nitrogen and oxygen atoms in total. The molecule has 39 valence electrons. The molecule has 1 aliphatic rings. The van der Waals surface area contributed by atoms with Crippen molar-refractivity contribution in [2.75, 3.05) is 0 Å². The van der Waals surface area contributed by atoms with Gasteiger partial charge in [-0.1, -0.05) is 19.1 Å². The lowest BCUT2D eigenvalue weighted by Gasteiger charge is -1.87. The number of hydrogen-bond acceptors (Lipinski definition) is 0. The van der Waals surface area contributed by atoms with E-state index in [1.165, 1.54) is 6.42 Å². The summed E-state index contributed by atoms with van der Waals surface area (Å²) in [7, 11) is 0. The fourth-order valence-corrected chi connectivity index (χ4v) is 0.957. The Morgan fingerprint density at radius 2 is 2.14 bits per heavy atom. The van der Waals surface area contributed by atoms with Crippen molar-refractivity contribution in [3.05, 3.63) is 12.2 Å². The average molecular weight is 95.2 g/mol. The van der Waals surface area contributed by atoms with Gasteiger partial charge in [-0.25, -0.2) is 0 Å². The molecule has 0 aromatic heterocycles. The minimum Gasteiger partial charge on any atom is -0.0699 e. The Balaban J connectivity index is 2.33. The van der Waals surface area contributed by atoms with Gasteiger partial charge in [-0.05, 0) is 25.2 Å². The first-order valence-corrected chi connectivity index (χ1v) is 2.80. The summed E-state index contributed by atoms with van der Waals surface area (Å²) < 4.78 is 0. The highest BCUT2D eigenvalue weighted by Crippen LogP contribution is 2.42. The van der Waals surface area contributed by atoms with Crippen molar-refractivity contribution in [3.8, 4) is 0 Å². The molecule has 0 bridgehead atoms. The Hall–Kier alpha value is -0.260. The highest BCUT2D eigenvalue weighted by atomic mass is 14.4. The van der Waals surface area contributed by atoms with Crippen LogP contribution in [0.2, 0.25) is 0 Å². The van der Waals surface area contributed by atoms with E-state index in [-0.39, 0.29) is 0 Å². The van der Waals surface area contributed by atoms with E-state index in [9.17, 15) is 0 Å². The second kappa shape index (κ2) is 1.36. The normalized spacial score (nSPS) is 38.0. The van der Waals surface area contributed by atoms with E-state index in [0.29, 0.717) is 0 Å². The summed E-state index contributed by atoms with van der Waals surface area (Å²) in [4.78, 5) is 0. The molecule has 0 saturated heterocycles. The third-order valence-electron chi connectivity index (χ3n) is 1.69. The van der Waals surface area contributed by atoms with E-state index in [2.05, 4.69) is 6.92 Å². The van der Waals surface area contributed by atoms with Crippen LogP contribution in [-0.2, 0) is 0 Å². The molecule has 0 aromatic rings. The van der Waals surface area contributed by atoms with E-state index < -0.39 is 0 Å². The summed E-state index contributed by atoms with van der Waals surface area (Å²) in [6, 6.07) is 0. The van der Waals surface area contributed by atoms with Gasteiger partial charge >= 0.3 is 0 Å². The van der Waals surface area contributed by atoms with Crippen LogP contribution < -0.4 is 0 Å². The summed E-state index contributed by atoms with van der Waals surface area (Å²) in [6.07, 6.45) is 1.32. The third kappa shape index (κ3) is 0.846. The van der Waals surface area contributed by atoms with Crippen LogP contribution in [0.1, 0.15) is 20.3 Å². The Kier molecular flexibility index (Phi) is 0.949. The van der Waals surface area contributed by atoms with Crippen molar-refractivity contribution in [1.82, 2.24) is 0 Å². The van der Waals surface area contributed by atoms with Crippen LogP contribution in [0.4, 0.5) is 0 Å². The van der Waals surface area contributed by atoms with Gasteiger partial charge in [-0.2, -0.15) is 0 Å². The Morgan fingerprint density at radius 3 is 2.14 bits per heavy atom. The zero-order chi connectivity index (χ0) is 5.44. The van der Waals surface area contributed by atoms with Gasteiger partial charge in [0, 0.05) is 0 Å². The molecule has 0 aromatic carbocycles. The van der Waals surface area contributed by atoms with Gasteiger partial charge < -0.3 is 0 Å². The molecule has 1 aliphatic carbocycles. The zero-order valence-electron chi connectivity index (χ0n) is 4.94. The van der Waals surface area contributed by atoms with Gasteiger partial charge in [0.25, 0.3) is 0 Å². The van der Waals surface area contributed by atoms with Crippen LogP contribution in [0.3, 0.4) is 0 Å². The van der Waals surface area contributed by atoms with Crippen LogP contribution in [0, 0.1) is 18.4 Å². The standard InChI is InChI=1S/C7H11/c1-5(2)7-4-6(7)3/h1,6-7H,4H2,2-3H3. The summed E-state index contributed by atoms with van der Waals surface area (Å²) in [5.41, 5.74) is 1.12. The van der Waals surface area contributed by atoms with Crippen LogP contribution in [0.5, 0.6) is 0 Å². The molecule has 0 heterocycles. The third-order valence-corrected chi connectivity index (χ3v) is 1.69. The summed E-state index contributed by atoms with van der Waals surface area (Å²) >= 11 is 0. The topological polar surface area (TPSA) is 0 Å². The summed E-state index contributed by atoms with van der Waals surface area (Å²) in [5, 5.41) is 0. The van der Waals surface area contributed by atoms with Crippen molar-refractivity contribution < 1.29 is 0 Å². The molecule has 1 radical (unpaired) electrons. The van der Waals surface area contributed by atoms with Gasteiger partial charge in [-0.3, -0.25) is 0 Å². The lowest BCUT2D eigenvalue weighted by molar-refractivity contribution is 0.857.